The van der Waals surface area contributed by atoms with Crippen molar-refractivity contribution in [3.8, 4) is 34.0 Å². The number of anilines is 6. The van der Waals surface area contributed by atoms with Crippen LogP contribution in [0.1, 0.15) is 25.6 Å². The van der Waals surface area contributed by atoms with Crippen LogP contribution >= 0.6 is 0 Å². The van der Waals surface area contributed by atoms with Gasteiger partial charge in [-0.1, -0.05) is 10.3 Å². The van der Waals surface area contributed by atoms with Gasteiger partial charge in [-0.05, 0) is 68.4 Å². The first-order valence-corrected chi connectivity index (χ1v) is 17.3. The summed E-state index contributed by atoms with van der Waals surface area (Å²) < 4.78 is 28.8. The SMILES string of the molecule is COc1ccc(-c2cc(Nc3cc(C4CN(c5nccc(Nc6cc(-c7ccc(O)cc7)no6)n5)CCO4)nc(N4C[C@@H](C)O[C@@H](C)C4)n3)on2)cc1. The molecule has 8 rings (SSSR count). The molecule has 0 bridgehead atoms. The third kappa shape index (κ3) is 7.83. The highest BCUT2D eigenvalue weighted by atomic mass is 16.5. The van der Waals surface area contributed by atoms with Crippen LogP contribution in [0.3, 0.4) is 0 Å². The van der Waals surface area contributed by atoms with Crippen molar-refractivity contribution in [3.05, 3.63) is 84.7 Å². The predicted octanol–water partition coefficient (Wildman–Crippen LogP) is 5.97. The summed E-state index contributed by atoms with van der Waals surface area (Å²) in [7, 11) is 1.63. The highest BCUT2D eigenvalue weighted by molar-refractivity contribution is 5.66. The number of aromatic nitrogens is 6. The second kappa shape index (κ2) is 14.8. The molecule has 2 aliphatic heterocycles. The molecule has 6 heterocycles. The van der Waals surface area contributed by atoms with E-state index in [9.17, 15) is 5.11 Å². The van der Waals surface area contributed by atoms with Crippen molar-refractivity contribution < 1.29 is 28.4 Å². The summed E-state index contributed by atoms with van der Waals surface area (Å²) in [6, 6.07) is 21.6. The molecule has 0 aliphatic carbocycles. The molecule has 2 aliphatic rings. The normalized spacial score (nSPS) is 18.9. The molecule has 2 fully saturated rings. The summed E-state index contributed by atoms with van der Waals surface area (Å²) in [6.45, 7) is 6.85. The van der Waals surface area contributed by atoms with E-state index in [-0.39, 0.29) is 18.0 Å². The Kier molecular flexibility index (Phi) is 9.43. The predicted molar refractivity (Wildman–Crippen MR) is 196 cm³/mol. The first-order chi connectivity index (χ1) is 25.8. The number of nitrogens with zero attached hydrogens (tertiary/aromatic N) is 8. The molecule has 3 N–H and O–H groups in total. The topological polar surface area (TPSA) is 182 Å². The number of benzene rings is 2. The molecule has 1 unspecified atom stereocenters. The van der Waals surface area contributed by atoms with Crippen molar-refractivity contribution in [2.45, 2.75) is 32.2 Å². The number of phenols is 1. The van der Waals surface area contributed by atoms with E-state index in [4.69, 9.17) is 38.2 Å². The van der Waals surface area contributed by atoms with Crippen LogP contribution in [0.25, 0.3) is 22.5 Å². The molecule has 53 heavy (non-hydrogen) atoms. The second-order valence-electron chi connectivity index (χ2n) is 12.9. The molecule has 0 spiro atoms. The van der Waals surface area contributed by atoms with Gasteiger partial charge in [0.1, 0.15) is 40.6 Å². The minimum atomic E-state index is -0.408. The minimum absolute atomic E-state index is 0.0135. The zero-order valence-electron chi connectivity index (χ0n) is 29.3. The van der Waals surface area contributed by atoms with E-state index in [1.807, 2.05) is 50.2 Å². The van der Waals surface area contributed by atoms with Gasteiger partial charge in [-0.25, -0.2) is 9.97 Å². The smallest absolute Gasteiger partial charge is 0.230 e. The van der Waals surface area contributed by atoms with Gasteiger partial charge in [0.25, 0.3) is 0 Å². The number of nitrogens with one attached hydrogen (secondary N) is 2. The first-order valence-electron chi connectivity index (χ1n) is 17.3. The van der Waals surface area contributed by atoms with Crippen molar-refractivity contribution in [1.82, 2.24) is 30.2 Å². The van der Waals surface area contributed by atoms with Gasteiger partial charge in [-0.2, -0.15) is 9.97 Å². The molecule has 6 aromatic rings. The third-order valence-electron chi connectivity index (χ3n) is 8.83. The summed E-state index contributed by atoms with van der Waals surface area (Å²) in [4.78, 5) is 23.4. The third-order valence-corrected chi connectivity index (χ3v) is 8.83. The van der Waals surface area contributed by atoms with Gasteiger partial charge in [-0.3, -0.25) is 0 Å². The summed E-state index contributed by atoms with van der Waals surface area (Å²) in [6.07, 6.45) is 1.31. The van der Waals surface area contributed by atoms with Crippen LogP contribution in [-0.2, 0) is 9.47 Å². The molecular formula is C37H38N10O6. The Balaban J connectivity index is 1.02. The van der Waals surface area contributed by atoms with Crippen LogP contribution in [0.5, 0.6) is 11.5 Å². The van der Waals surface area contributed by atoms with Crippen molar-refractivity contribution in [2.24, 2.45) is 0 Å². The molecule has 4 aromatic heterocycles. The van der Waals surface area contributed by atoms with E-state index in [2.05, 4.69) is 35.7 Å². The number of ether oxygens (including phenoxy) is 3. The quantitative estimate of drug-likeness (QED) is 0.150. The van der Waals surface area contributed by atoms with Gasteiger partial charge >= 0.3 is 0 Å². The van der Waals surface area contributed by atoms with Gasteiger partial charge in [-0.15, -0.1) is 0 Å². The zero-order chi connectivity index (χ0) is 36.3. The van der Waals surface area contributed by atoms with E-state index in [0.717, 1.165) is 16.9 Å². The monoisotopic (exact) mass is 718 g/mol. The van der Waals surface area contributed by atoms with Crippen LogP contribution < -0.4 is 25.2 Å². The highest BCUT2D eigenvalue weighted by Gasteiger charge is 2.29. The van der Waals surface area contributed by atoms with Crippen LogP contribution in [0.2, 0.25) is 0 Å². The Bertz CT molecular complexity index is 2150. The fraction of sp³-hybridized carbons (Fsp3) is 0.297. The highest BCUT2D eigenvalue weighted by Crippen LogP contribution is 2.31. The maximum atomic E-state index is 9.61. The van der Waals surface area contributed by atoms with Crippen LogP contribution in [-0.4, -0.2) is 87.5 Å². The number of hydrogen-bond donors (Lipinski definition) is 3. The van der Waals surface area contributed by atoms with Crippen LogP contribution in [0.15, 0.2) is 88.0 Å². The van der Waals surface area contributed by atoms with Crippen molar-refractivity contribution in [2.75, 3.05) is 60.3 Å². The Labute approximate surface area is 304 Å². The molecule has 16 heteroatoms. The fourth-order valence-electron chi connectivity index (χ4n) is 6.33. The molecule has 3 atom stereocenters. The van der Waals surface area contributed by atoms with Gasteiger partial charge in [0.15, 0.2) is 0 Å². The Morgan fingerprint density at radius 2 is 1.38 bits per heavy atom. The lowest BCUT2D eigenvalue weighted by Gasteiger charge is -2.36. The number of rotatable bonds is 10. The Morgan fingerprint density at radius 1 is 0.736 bits per heavy atom. The lowest BCUT2D eigenvalue weighted by Crippen LogP contribution is -2.46. The van der Waals surface area contributed by atoms with Gasteiger partial charge in [0.2, 0.25) is 23.7 Å². The average molecular weight is 719 g/mol. The fourth-order valence-corrected chi connectivity index (χ4v) is 6.33. The van der Waals surface area contributed by atoms with Crippen molar-refractivity contribution >= 4 is 35.3 Å². The maximum Gasteiger partial charge on any atom is 0.230 e. The number of morpholine rings is 2. The number of hydrogen-bond acceptors (Lipinski definition) is 16. The molecule has 272 valence electrons. The van der Waals surface area contributed by atoms with E-state index < -0.39 is 6.10 Å². The molecule has 0 radical (unpaired) electrons. The first kappa shape index (κ1) is 33.9. The minimum Gasteiger partial charge on any atom is -0.508 e. The number of aromatic hydroxyl groups is 1. The Morgan fingerprint density at radius 3 is 2.06 bits per heavy atom. The lowest BCUT2D eigenvalue weighted by molar-refractivity contribution is -0.00581. The Hall–Kier alpha value is -6.26. The van der Waals surface area contributed by atoms with Crippen LogP contribution in [0.4, 0.5) is 35.3 Å². The van der Waals surface area contributed by atoms with Crippen molar-refractivity contribution in [3.63, 3.8) is 0 Å². The summed E-state index contributed by atoms with van der Waals surface area (Å²) in [5.74, 6) is 3.95. The molecule has 2 aromatic carbocycles. The van der Waals surface area contributed by atoms with Gasteiger partial charge in [0.05, 0.1) is 38.2 Å². The average Bonchev–Trinajstić information content (AvgIpc) is 3.85. The van der Waals surface area contributed by atoms with Crippen molar-refractivity contribution in [1.29, 1.82) is 0 Å². The number of methoxy groups -OCH3 is 1. The second-order valence-corrected chi connectivity index (χ2v) is 12.9. The molecule has 0 saturated carbocycles. The molecule has 0 amide bonds. The molecular weight excluding hydrogens is 680 g/mol. The van der Waals surface area contributed by atoms with E-state index in [0.29, 0.717) is 85.2 Å². The van der Waals surface area contributed by atoms with Gasteiger partial charge < -0.3 is 48.8 Å². The standard InChI is InChI=1S/C37H38N10O6/c1-22-19-47(20-23(2)51-22)37-39-30(16-33(43-37)41-35-18-29(45-53-35)25-6-10-27(49-3)11-7-25)31-21-46(14-15-50-31)36-38-13-12-32(42-36)40-34-17-28(44-52-34)24-4-8-26(48)9-5-24/h4-13,16-18,22-23,31,48H,14-15,19-21H2,1-3H3,(H,38,40,42)(H,39,41,43)/t22-,23+,31?. The number of phenolic OH excluding ortho intramolecular Hbond substituents is 1. The zero-order valence-corrected chi connectivity index (χ0v) is 29.3. The summed E-state index contributed by atoms with van der Waals surface area (Å²) >= 11 is 0. The summed E-state index contributed by atoms with van der Waals surface area (Å²) in [5, 5.41) is 24.5. The largest absolute Gasteiger partial charge is 0.508 e. The summed E-state index contributed by atoms with van der Waals surface area (Å²) in [5.41, 5.74) is 3.69. The van der Waals surface area contributed by atoms with Gasteiger partial charge in [0, 0.05) is 55.2 Å². The maximum absolute atomic E-state index is 9.61. The van der Waals surface area contributed by atoms with E-state index >= 15 is 0 Å². The molecule has 16 nitrogen and oxygen atoms in total. The van der Waals surface area contributed by atoms with E-state index in [1.165, 1.54) is 0 Å². The molecule has 2 saturated heterocycles. The van der Waals surface area contributed by atoms with E-state index in [1.54, 1.807) is 49.7 Å². The van der Waals surface area contributed by atoms with Crippen LogP contribution in [0, 0.1) is 0 Å². The lowest BCUT2D eigenvalue weighted by atomic mass is 10.1.